The van der Waals surface area contributed by atoms with Crippen LogP contribution in [0.15, 0.2) is 23.1 Å². The highest BCUT2D eigenvalue weighted by molar-refractivity contribution is 6.30. The lowest BCUT2D eigenvalue weighted by Crippen LogP contribution is -2.22. The van der Waals surface area contributed by atoms with E-state index < -0.39 is 5.97 Å². The number of nitrogens with zero attached hydrogens (tertiary/aromatic N) is 2. The number of hydrogen-bond donors (Lipinski definition) is 1. The Balaban J connectivity index is 2.73. The Hall–Kier alpha value is -1.88. The molecule has 0 radical (unpaired) electrons. The van der Waals surface area contributed by atoms with Crippen molar-refractivity contribution in [1.29, 1.82) is 0 Å². The normalized spacial score (nSPS) is 11.2. The topological polar surface area (TPSA) is 71.7 Å². The molecule has 2 aromatic heterocycles. The first-order chi connectivity index (χ1) is 8.90. The lowest BCUT2D eigenvalue weighted by atomic mass is 10.1. The van der Waals surface area contributed by atoms with Gasteiger partial charge in [-0.3, -0.25) is 9.20 Å². The Morgan fingerprint density at radius 1 is 1.47 bits per heavy atom. The van der Waals surface area contributed by atoms with Crippen LogP contribution in [0.3, 0.4) is 0 Å². The zero-order valence-electron chi connectivity index (χ0n) is 10.6. The summed E-state index contributed by atoms with van der Waals surface area (Å²) in [4.78, 5) is 27.4. The molecule has 0 aliphatic carbocycles. The van der Waals surface area contributed by atoms with Crippen molar-refractivity contribution in [2.24, 2.45) is 5.92 Å². The molecule has 0 aliphatic heterocycles. The molecular formula is C13H13ClN2O3. The van der Waals surface area contributed by atoms with E-state index in [1.54, 1.807) is 0 Å². The van der Waals surface area contributed by atoms with E-state index in [0.29, 0.717) is 17.6 Å². The first-order valence-electron chi connectivity index (χ1n) is 5.84. The minimum Gasteiger partial charge on any atom is -0.478 e. The maximum absolute atomic E-state index is 12.3. The SMILES string of the molecule is CC(C)Cc1c(Cl)nc2ccc(C(=O)O)cn2c1=O. The van der Waals surface area contributed by atoms with E-state index >= 15 is 0 Å². The van der Waals surface area contributed by atoms with E-state index in [4.69, 9.17) is 16.7 Å². The number of fused-ring (bicyclic) bond motifs is 1. The van der Waals surface area contributed by atoms with Crippen molar-refractivity contribution in [2.45, 2.75) is 20.3 Å². The van der Waals surface area contributed by atoms with Gasteiger partial charge in [-0.25, -0.2) is 9.78 Å². The maximum Gasteiger partial charge on any atom is 0.337 e. The van der Waals surface area contributed by atoms with Gasteiger partial charge in [0.05, 0.1) is 11.1 Å². The van der Waals surface area contributed by atoms with Crippen molar-refractivity contribution in [3.63, 3.8) is 0 Å². The van der Waals surface area contributed by atoms with Gasteiger partial charge in [-0.1, -0.05) is 25.4 Å². The van der Waals surface area contributed by atoms with Crippen molar-refractivity contribution in [1.82, 2.24) is 9.38 Å². The second-order valence-corrected chi connectivity index (χ2v) is 5.09. The minimum atomic E-state index is -1.09. The quantitative estimate of drug-likeness (QED) is 0.875. The number of halogens is 1. The number of rotatable bonds is 3. The highest BCUT2D eigenvalue weighted by Crippen LogP contribution is 2.15. The zero-order chi connectivity index (χ0) is 14.2. The van der Waals surface area contributed by atoms with Gasteiger partial charge in [0.2, 0.25) is 0 Å². The minimum absolute atomic E-state index is 0.0363. The van der Waals surface area contributed by atoms with Gasteiger partial charge < -0.3 is 5.11 Å². The Bertz CT molecular complexity index is 707. The summed E-state index contributed by atoms with van der Waals surface area (Å²) in [6, 6.07) is 2.86. The molecule has 2 rings (SSSR count). The standard InChI is InChI=1S/C13H13ClN2O3/c1-7(2)5-9-11(14)15-10-4-3-8(13(18)19)6-16(10)12(9)17/h3-4,6-7H,5H2,1-2H3,(H,18,19). The molecule has 2 heterocycles. The molecule has 0 unspecified atom stereocenters. The fourth-order valence-corrected chi connectivity index (χ4v) is 2.10. The summed E-state index contributed by atoms with van der Waals surface area (Å²) >= 11 is 6.01. The molecule has 5 nitrogen and oxygen atoms in total. The Morgan fingerprint density at radius 3 is 2.74 bits per heavy atom. The first-order valence-corrected chi connectivity index (χ1v) is 6.22. The molecule has 0 amide bonds. The van der Waals surface area contributed by atoms with Gasteiger partial charge in [0.1, 0.15) is 10.8 Å². The largest absolute Gasteiger partial charge is 0.478 e. The van der Waals surface area contributed by atoms with Crippen LogP contribution < -0.4 is 5.56 Å². The Labute approximate surface area is 114 Å². The summed E-state index contributed by atoms with van der Waals surface area (Å²) in [5, 5.41) is 9.12. The van der Waals surface area contributed by atoms with Crippen LogP contribution in [0, 0.1) is 5.92 Å². The van der Waals surface area contributed by atoms with E-state index in [1.807, 2.05) is 13.8 Å². The van der Waals surface area contributed by atoms with Gasteiger partial charge >= 0.3 is 5.97 Å². The third kappa shape index (κ3) is 2.61. The maximum atomic E-state index is 12.3. The lowest BCUT2D eigenvalue weighted by Gasteiger charge is -2.09. The number of carboxylic acid groups (broad SMARTS) is 1. The zero-order valence-corrected chi connectivity index (χ0v) is 11.3. The van der Waals surface area contributed by atoms with Gasteiger partial charge in [0.25, 0.3) is 5.56 Å². The van der Waals surface area contributed by atoms with Crippen LogP contribution in [0.25, 0.3) is 5.65 Å². The molecule has 2 aromatic rings. The van der Waals surface area contributed by atoms with Crippen molar-refractivity contribution in [3.8, 4) is 0 Å². The second-order valence-electron chi connectivity index (χ2n) is 4.74. The highest BCUT2D eigenvalue weighted by Gasteiger charge is 2.14. The summed E-state index contributed by atoms with van der Waals surface area (Å²) < 4.78 is 1.23. The number of aromatic nitrogens is 2. The van der Waals surface area contributed by atoms with Crippen molar-refractivity contribution in [2.75, 3.05) is 0 Å². The van der Waals surface area contributed by atoms with E-state index in [-0.39, 0.29) is 22.2 Å². The molecule has 6 heteroatoms. The van der Waals surface area contributed by atoms with Gasteiger partial charge in [0.15, 0.2) is 0 Å². The summed E-state index contributed by atoms with van der Waals surface area (Å²) in [6.07, 6.45) is 1.78. The average molecular weight is 281 g/mol. The van der Waals surface area contributed by atoms with Crippen molar-refractivity contribution < 1.29 is 9.90 Å². The number of carboxylic acids is 1. The molecule has 0 fully saturated rings. The number of carbonyl (C=O) groups is 1. The van der Waals surface area contributed by atoms with E-state index in [1.165, 1.54) is 22.7 Å². The molecule has 0 atom stereocenters. The summed E-state index contributed by atoms with van der Waals surface area (Å²) in [5.74, 6) is -0.832. The summed E-state index contributed by atoms with van der Waals surface area (Å²) in [6.45, 7) is 3.94. The number of pyridine rings is 1. The van der Waals surface area contributed by atoms with Crippen LogP contribution in [0.5, 0.6) is 0 Å². The smallest absolute Gasteiger partial charge is 0.337 e. The third-order valence-electron chi connectivity index (χ3n) is 2.72. The Morgan fingerprint density at radius 2 is 2.16 bits per heavy atom. The predicted octanol–water partition coefficient (Wildman–Crippen LogP) is 2.24. The molecular weight excluding hydrogens is 268 g/mol. The average Bonchev–Trinajstić information content (AvgIpc) is 2.33. The highest BCUT2D eigenvalue weighted by atomic mass is 35.5. The van der Waals surface area contributed by atoms with Gasteiger partial charge in [-0.2, -0.15) is 0 Å². The number of aromatic carboxylic acids is 1. The van der Waals surface area contributed by atoms with Crippen LogP contribution in [0.2, 0.25) is 5.15 Å². The predicted molar refractivity (Wildman–Crippen MR) is 72.0 cm³/mol. The lowest BCUT2D eigenvalue weighted by molar-refractivity contribution is 0.0696. The third-order valence-corrected chi connectivity index (χ3v) is 3.04. The van der Waals surface area contributed by atoms with Gasteiger partial charge in [-0.05, 0) is 24.5 Å². The van der Waals surface area contributed by atoms with Crippen LogP contribution >= 0.6 is 11.6 Å². The molecule has 1 N–H and O–H groups in total. The molecule has 0 saturated heterocycles. The van der Waals surface area contributed by atoms with Gasteiger partial charge in [-0.15, -0.1) is 0 Å². The van der Waals surface area contributed by atoms with E-state index in [2.05, 4.69) is 4.98 Å². The van der Waals surface area contributed by atoms with Crippen LogP contribution in [-0.4, -0.2) is 20.5 Å². The fraction of sp³-hybridized carbons (Fsp3) is 0.308. The summed E-state index contributed by atoms with van der Waals surface area (Å²) in [5.41, 5.74) is 0.477. The van der Waals surface area contributed by atoms with E-state index in [0.717, 1.165) is 0 Å². The monoisotopic (exact) mass is 280 g/mol. The second kappa shape index (κ2) is 5.01. The van der Waals surface area contributed by atoms with Crippen molar-refractivity contribution >= 4 is 23.2 Å². The fourth-order valence-electron chi connectivity index (χ4n) is 1.85. The summed E-state index contributed by atoms with van der Waals surface area (Å²) in [7, 11) is 0. The molecule has 0 bridgehead atoms. The molecule has 100 valence electrons. The molecule has 0 saturated carbocycles. The van der Waals surface area contributed by atoms with Gasteiger partial charge in [0, 0.05) is 6.20 Å². The van der Waals surface area contributed by atoms with Crippen LogP contribution in [0.4, 0.5) is 0 Å². The number of hydrogen-bond acceptors (Lipinski definition) is 3. The van der Waals surface area contributed by atoms with Crippen molar-refractivity contribution in [3.05, 3.63) is 45.0 Å². The van der Waals surface area contributed by atoms with Crippen LogP contribution in [0.1, 0.15) is 29.8 Å². The van der Waals surface area contributed by atoms with E-state index in [9.17, 15) is 9.59 Å². The molecule has 0 aromatic carbocycles. The first kappa shape index (κ1) is 13.5. The molecule has 19 heavy (non-hydrogen) atoms. The molecule has 0 aliphatic rings. The molecule has 0 spiro atoms. The van der Waals surface area contributed by atoms with Crippen LogP contribution in [-0.2, 0) is 6.42 Å². The Kier molecular flexibility index (Phi) is 3.57.